The van der Waals surface area contributed by atoms with Crippen molar-refractivity contribution in [1.82, 2.24) is 5.32 Å². The van der Waals surface area contributed by atoms with Crippen LogP contribution in [0.3, 0.4) is 0 Å². The first-order valence-electron chi connectivity index (χ1n) is 4.67. The van der Waals surface area contributed by atoms with Crippen LogP contribution < -0.4 is 5.32 Å². The van der Waals surface area contributed by atoms with Crippen molar-refractivity contribution in [2.75, 3.05) is 0 Å². The van der Waals surface area contributed by atoms with Crippen LogP contribution in [0.5, 0.6) is 0 Å². The van der Waals surface area contributed by atoms with Gasteiger partial charge in [0.05, 0.1) is 0 Å². The average molecular weight is 161 g/mol. The quantitative estimate of drug-likeness (QED) is 0.667. The predicted molar refractivity (Wildman–Crippen MR) is 51.0 cm³/mol. The van der Waals surface area contributed by atoms with Crippen LogP contribution in [0, 0.1) is 0 Å². The van der Waals surface area contributed by atoms with Crippen LogP contribution in [-0.4, -0.2) is 6.04 Å². The van der Waals surface area contributed by atoms with Crippen LogP contribution in [-0.2, 0) is 0 Å². The van der Waals surface area contributed by atoms with E-state index in [1.807, 2.05) is 0 Å². The van der Waals surface area contributed by atoms with Crippen molar-refractivity contribution in [2.24, 2.45) is 0 Å². The first kappa shape index (κ1) is 7.81. The van der Waals surface area contributed by atoms with E-state index in [-0.39, 0.29) is 0 Å². The molecule has 1 aromatic rings. The molecule has 12 heavy (non-hydrogen) atoms. The lowest BCUT2D eigenvalue weighted by Crippen LogP contribution is -2.20. The fourth-order valence-corrected chi connectivity index (χ4v) is 1.88. The molecule has 0 aromatic heterocycles. The van der Waals surface area contributed by atoms with Gasteiger partial charge in [-0.25, -0.2) is 0 Å². The molecule has 0 radical (unpaired) electrons. The fourth-order valence-electron chi connectivity index (χ4n) is 1.88. The second kappa shape index (κ2) is 3.28. The summed E-state index contributed by atoms with van der Waals surface area (Å²) in [5.41, 5.74) is 1.43. The van der Waals surface area contributed by atoms with Gasteiger partial charge in [-0.2, -0.15) is 0 Å². The molecule has 2 rings (SSSR count). The Morgan fingerprint density at radius 2 is 1.92 bits per heavy atom. The van der Waals surface area contributed by atoms with Gasteiger partial charge in [-0.15, -0.1) is 0 Å². The largest absolute Gasteiger partial charge is 0.307 e. The molecule has 0 bridgehead atoms. The normalized spacial score (nSPS) is 29.1. The topological polar surface area (TPSA) is 12.0 Å². The molecule has 0 aliphatic carbocycles. The van der Waals surface area contributed by atoms with Crippen LogP contribution in [0.15, 0.2) is 30.3 Å². The summed E-state index contributed by atoms with van der Waals surface area (Å²) in [6.45, 7) is 2.25. The van der Waals surface area contributed by atoms with Gasteiger partial charge < -0.3 is 5.32 Å². The lowest BCUT2D eigenvalue weighted by atomic mass is 10.1. The Balaban J connectivity index is 2.11. The molecule has 0 spiro atoms. The Morgan fingerprint density at radius 1 is 1.17 bits per heavy atom. The van der Waals surface area contributed by atoms with E-state index < -0.39 is 0 Å². The molecule has 2 unspecified atom stereocenters. The molecule has 64 valence electrons. The minimum atomic E-state index is 0.598. The minimum Gasteiger partial charge on any atom is -0.307 e. The summed E-state index contributed by atoms with van der Waals surface area (Å²) < 4.78 is 0. The monoisotopic (exact) mass is 161 g/mol. The number of rotatable bonds is 1. The van der Waals surface area contributed by atoms with Crippen molar-refractivity contribution in [3.63, 3.8) is 0 Å². The van der Waals surface area contributed by atoms with E-state index in [0.717, 1.165) is 0 Å². The fraction of sp³-hybridized carbons (Fsp3) is 0.455. The summed E-state index contributed by atoms with van der Waals surface area (Å²) in [5.74, 6) is 0. The molecular formula is C11H15N. The Labute approximate surface area is 73.8 Å². The van der Waals surface area contributed by atoms with Crippen LogP contribution in [0.2, 0.25) is 0 Å². The summed E-state index contributed by atoms with van der Waals surface area (Å²) >= 11 is 0. The van der Waals surface area contributed by atoms with Crippen molar-refractivity contribution in [2.45, 2.75) is 31.8 Å². The van der Waals surface area contributed by atoms with Crippen LogP contribution in [0.4, 0.5) is 0 Å². The highest BCUT2D eigenvalue weighted by Crippen LogP contribution is 2.25. The molecule has 1 fully saturated rings. The first-order chi connectivity index (χ1) is 5.86. The highest BCUT2D eigenvalue weighted by atomic mass is 15.0. The van der Waals surface area contributed by atoms with Crippen molar-refractivity contribution >= 4 is 0 Å². The van der Waals surface area contributed by atoms with E-state index >= 15 is 0 Å². The number of benzene rings is 1. The zero-order valence-corrected chi connectivity index (χ0v) is 7.46. The van der Waals surface area contributed by atoms with E-state index in [9.17, 15) is 0 Å². The van der Waals surface area contributed by atoms with Crippen LogP contribution in [0.1, 0.15) is 31.4 Å². The molecular weight excluding hydrogens is 146 g/mol. The molecule has 1 heterocycles. The maximum absolute atomic E-state index is 3.57. The Hall–Kier alpha value is -0.820. The van der Waals surface area contributed by atoms with Crippen molar-refractivity contribution < 1.29 is 0 Å². The SMILES string of the molecule is CC1CCC(c2ccccc2)N1. The summed E-state index contributed by atoms with van der Waals surface area (Å²) in [5, 5.41) is 3.57. The van der Waals surface area contributed by atoms with Gasteiger partial charge in [0, 0.05) is 12.1 Å². The lowest BCUT2D eigenvalue weighted by Gasteiger charge is -2.11. The van der Waals surface area contributed by atoms with Gasteiger partial charge in [-0.05, 0) is 25.3 Å². The average Bonchev–Trinajstić information content (AvgIpc) is 2.54. The van der Waals surface area contributed by atoms with E-state index in [0.29, 0.717) is 12.1 Å². The van der Waals surface area contributed by atoms with Crippen molar-refractivity contribution in [3.8, 4) is 0 Å². The minimum absolute atomic E-state index is 0.598. The first-order valence-corrected chi connectivity index (χ1v) is 4.67. The van der Waals surface area contributed by atoms with Crippen molar-refractivity contribution in [3.05, 3.63) is 35.9 Å². The Morgan fingerprint density at radius 3 is 2.50 bits per heavy atom. The van der Waals surface area contributed by atoms with Crippen LogP contribution in [0.25, 0.3) is 0 Å². The molecule has 0 amide bonds. The highest BCUT2D eigenvalue weighted by molar-refractivity contribution is 5.19. The van der Waals surface area contributed by atoms with Gasteiger partial charge in [0.1, 0.15) is 0 Å². The zero-order valence-electron chi connectivity index (χ0n) is 7.46. The zero-order chi connectivity index (χ0) is 8.39. The highest BCUT2D eigenvalue weighted by Gasteiger charge is 2.20. The van der Waals surface area contributed by atoms with E-state index in [1.165, 1.54) is 18.4 Å². The Kier molecular flexibility index (Phi) is 2.13. The third kappa shape index (κ3) is 1.51. The molecule has 1 aliphatic rings. The summed E-state index contributed by atoms with van der Waals surface area (Å²) in [7, 11) is 0. The van der Waals surface area contributed by atoms with Gasteiger partial charge >= 0.3 is 0 Å². The van der Waals surface area contributed by atoms with Gasteiger partial charge in [0.25, 0.3) is 0 Å². The van der Waals surface area contributed by atoms with E-state index in [1.54, 1.807) is 0 Å². The number of hydrogen-bond donors (Lipinski definition) is 1. The lowest BCUT2D eigenvalue weighted by molar-refractivity contribution is 0.585. The molecule has 1 N–H and O–H groups in total. The standard InChI is InChI=1S/C11H15N/c1-9-7-8-11(12-9)10-5-3-2-4-6-10/h2-6,9,11-12H,7-8H2,1H3. The third-order valence-corrected chi connectivity index (χ3v) is 2.58. The summed E-state index contributed by atoms with van der Waals surface area (Å²) in [6, 6.07) is 12.0. The van der Waals surface area contributed by atoms with Crippen molar-refractivity contribution in [1.29, 1.82) is 0 Å². The molecule has 1 aromatic carbocycles. The molecule has 0 saturated carbocycles. The third-order valence-electron chi connectivity index (χ3n) is 2.58. The molecule has 1 nitrogen and oxygen atoms in total. The second-order valence-corrected chi connectivity index (χ2v) is 3.61. The van der Waals surface area contributed by atoms with Gasteiger partial charge in [0.2, 0.25) is 0 Å². The van der Waals surface area contributed by atoms with Gasteiger partial charge in [-0.1, -0.05) is 30.3 Å². The maximum Gasteiger partial charge on any atom is 0.0323 e. The molecule has 2 atom stereocenters. The van der Waals surface area contributed by atoms with Crippen LogP contribution >= 0.6 is 0 Å². The second-order valence-electron chi connectivity index (χ2n) is 3.61. The molecule has 1 saturated heterocycles. The Bertz CT molecular complexity index is 242. The summed E-state index contributed by atoms with van der Waals surface area (Å²) in [6.07, 6.45) is 2.59. The molecule has 1 aliphatic heterocycles. The smallest absolute Gasteiger partial charge is 0.0323 e. The van der Waals surface area contributed by atoms with E-state index in [2.05, 4.69) is 42.6 Å². The predicted octanol–water partition coefficient (Wildman–Crippen LogP) is 2.50. The van der Waals surface area contributed by atoms with Gasteiger partial charge in [0.15, 0.2) is 0 Å². The maximum atomic E-state index is 3.57. The number of hydrogen-bond acceptors (Lipinski definition) is 1. The summed E-state index contributed by atoms with van der Waals surface area (Å²) in [4.78, 5) is 0. The number of nitrogens with one attached hydrogen (secondary N) is 1. The van der Waals surface area contributed by atoms with E-state index in [4.69, 9.17) is 0 Å². The molecule has 1 heteroatoms. The van der Waals surface area contributed by atoms with Gasteiger partial charge in [-0.3, -0.25) is 0 Å².